The van der Waals surface area contributed by atoms with Gasteiger partial charge in [0.25, 0.3) is 0 Å². The van der Waals surface area contributed by atoms with Crippen LogP contribution in [0.3, 0.4) is 0 Å². The minimum Gasteiger partial charge on any atom is -0.339 e. The van der Waals surface area contributed by atoms with E-state index >= 15 is 0 Å². The Morgan fingerprint density at radius 1 is 1.32 bits per heavy atom. The molecule has 1 aromatic carbocycles. The van der Waals surface area contributed by atoms with Crippen molar-refractivity contribution in [2.45, 2.75) is 24.3 Å². The van der Waals surface area contributed by atoms with Crippen molar-refractivity contribution in [2.75, 3.05) is 32.4 Å². The molecule has 1 saturated heterocycles. The fraction of sp³-hybridized carbons (Fsp3) is 0.500. The normalized spacial score (nSPS) is 18.7. The average molecular weight is 387 g/mol. The Labute approximate surface area is 154 Å². The summed E-state index contributed by atoms with van der Waals surface area (Å²) >= 11 is 0. The predicted molar refractivity (Wildman–Crippen MR) is 96.8 cm³/mol. The van der Waals surface area contributed by atoms with Crippen molar-refractivity contribution in [3.05, 3.63) is 41.5 Å². The standard InChI is InChI=1S/C16H22N4O3S.ClH/c1-3-24(21,22)13-6-4-12(5-7-13)10-15-18-16(19-23-15)14-11-17-8-9-20(14)2;/h4-7,14,17H,3,8-11H2,1-2H3;1H. The highest BCUT2D eigenvalue weighted by Crippen LogP contribution is 2.19. The number of aromatic nitrogens is 2. The summed E-state index contributed by atoms with van der Waals surface area (Å²) in [5.74, 6) is 1.32. The van der Waals surface area contributed by atoms with Crippen LogP contribution >= 0.6 is 12.4 Å². The van der Waals surface area contributed by atoms with Crippen LogP contribution in [0, 0.1) is 0 Å². The van der Waals surface area contributed by atoms with E-state index in [1.807, 2.05) is 0 Å². The van der Waals surface area contributed by atoms with Crippen molar-refractivity contribution >= 4 is 22.2 Å². The van der Waals surface area contributed by atoms with Gasteiger partial charge in [-0.15, -0.1) is 12.4 Å². The molecule has 1 aromatic heterocycles. The van der Waals surface area contributed by atoms with Gasteiger partial charge in [0.2, 0.25) is 5.89 Å². The van der Waals surface area contributed by atoms with Crippen LogP contribution in [-0.4, -0.2) is 55.9 Å². The molecule has 2 aromatic rings. The molecule has 0 aliphatic carbocycles. The second-order valence-corrected chi connectivity index (χ2v) is 8.25. The SMILES string of the molecule is CCS(=O)(=O)c1ccc(Cc2nc(C3CNCCN3C)no2)cc1.Cl. The monoisotopic (exact) mass is 386 g/mol. The molecule has 1 N–H and O–H groups in total. The largest absolute Gasteiger partial charge is 0.339 e. The third-order valence-electron chi connectivity index (χ3n) is 4.31. The number of benzene rings is 1. The maximum atomic E-state index is 11.8. The Balaban J connectivity index is 0.00000225. The Bertz CT molecular complexity index is 792. The summed E-state index contributed by atoms with van der Waals surface area (Å²) in [6.45, 7) is 4.35. The topological polar surface area (TPSA) is 88.3 Å². The van der Waals surface area contributed by atoms with Gasteiger partial charge in [0.1, 0.15) is 0 Å². The summed E-state index contributed by atoms with van der Waals surface area (Å²) in [7, 11) is -1.12. The number of nitrogens with one attached hydrogen (secondary N) is 1. The number of halogens is 1. The summed E-state index contributed by atoms with van der Waals surface area (Å²) in [6, 6.07) is 6.96. The molecule has 7 nitrogen and oxygen atoms in total. The Morgan fingerprint density at radius 2 is 2.04 bits per heavy atom. The molecule has 25 heavy (non-hydrogen) atoms. The number of likely N-dealkylation sites (N-methyl/N-ethyl adjacent to an activating group) is 1. The van der Waals surface area contributed by atoms with Gasteiger partial charge in [-0.25, -0.2) is 8.42 Å². The number of rotatable bonds is 5. The maximum absolute atomic E-state index is 11.8. The minimum absolute atomic E-state index is 0. The zero-order valence-corrected chi connectivity index (χ0v) is 15.9. The van der Waals surface area contributed by atoms with Crippen molar-refractivity contribution in [2.24, 2.45) is 0 Å². The van der Waals surface area contributed by atoms with E-state index in [1.54, 1.807) is 31.2 Å². The first-order chi connectivity index (χ1) is 11.5. The summed E-state index contributed by atoms with van der Waals surface area (Å²) < 4.78 is 29.0. The summed E-state index contributed by atoms with van der Waals surface area (Å²) in [5.41, 5.74) is 0.940. The lowest BCUT2D eigenvalue weighted by atomic mass is 10.1. The first-order valence-electron chi connectivity index (χ1n) is 8.04. The molecule has 1 aliphatic rings. The molecule has 0 spiro atoms. The van der Waals surface area contributed by atoms with Crippen LogP contribution in [0.5, 0.6) is 0 Å². The molecule has 3 rings (SSSR count). The Morgan fingerprint density at radius 3 is 2.68 bits per heavy atom. The quantitative estimate of drug-likeness (QED) is 0.831. The lowest BCUT2D eigenvalue weighted by Gasteiger charge is -2.30. The van der Waals surface area contributed by atoms with Crippen molar-refractivity contribution < 1.29 is 12.9 Å². The molecule has 1 fully saturated rings. The first-order valence-corrected chi connectivity index (χ1v) is 9.70. The van der Waals surface area contributed by atoms with Crippen molar-refractivity contribution in [1.29, 1.82) is 0 Å². The third kappa shape index (κ3) is 4.58. The summed E-state index contributed by atoms with van der Waals surface area (Å²) in [4.78, 5) is 7.04. The molecule has 0 bridgehead atoms. The number of nitrogens with zero attached hydrogens (tertiary/aromatic N) is 3. The number of piperazine rings is 1. The molecule has 1 atom stereocenters. The van der Waals surface area contributed by atoms with E-state index in [4.69, 9.17) is 4.52 Å². The third-order valence-corrected chi connectivity index (χ3v) is 6.06. The van der Waals surface area contributed by atoms with Gasteiger partial charge in [0, 0.05) is 19.6 Å². The summed E-state index contributed by atoms with van der Waals surface area (Å²) in [5, 5.41) is 7.42. The highest BCUT2D eigenvalue weighted by atomic mass is 35.5. The average Bonchev–Trinajstić information content (AvgIpc) is 3.04. The second-order valence-electron chi connectivity index (χ2n) is 5.97. The van der Waals surface area contributed by atoms with Gasteiger partial charge in [0.05, 0.1) is 23.1 Å². The van der Waals surface area contributed by atoms with E-state index < -0.39 is 9.84 Å². The maximum Gasteiger partial charge on any atom is 0.231 e. The van der Waals surface area contributed by atoms with Gasteiger partial charge >= 0.3 is 0 Å². The van der Waals surface area contributed by atoms with Crippen LogP contribution in [0.4, 0.5) is 0 Å². The van der Waals surface area contributed by atoms with Gasteiger partial charge < -0.3 is 9.84 Å². The highest BCUT2D eigenvalue weighted by molar-refractivity contribution is 7.91. The van der Waals surface area contributed by atoms with Gasteiger partial charge in [-0.05, 0) is 24.7 Å². The number of sulfone groups is 1. The fourth-order valence-electron chi connectivity index (χ4n) is 2.73. The van der Waals surface area contributed by atoms with Crippen molar-refractivity contribution in [1.82, 2.24) is 20.4 Å². The molecular weight excluding hydrogens is 364 g/mol. The molecule has 2 heterocycles. The molecule has 0 radical (unpaired) electrons. The van der Waals surface area contributed by atoms with Gasteiger partial charge in [-0.1, -0.05) is 24.2 Å². The van der Waals surface area contributed by atoms with Crippen LogP contribution in [0.2, 0.25) is 0 Å². The molecular formula is C16H23ClN4O3S. The van der Waals surface area contributed by atoms with Crippen molar-refractivity contribution in [3.63, 3.8) is 0 Å². The van der Waals surface area contributed by atoms with Crippen molar-refractivity contribution in [3.8, 4) is 0 Å². The van der Waals surface area contributed by atoms with E-state index in [2.05, 4.69) is 27.4 Å². The van der Waals surface area contributed by atoms with Gasteiger partial charge in [-0.2, -0.15) is 4.98 Å². The van der Waals surface area contributed by atoms with E-state index in [0.717, 1.165) is 25.2 Å². The van der Waals surface area contributed by atoms with E-state index in [-0.39, 0.29) is 24.2 Å². The minimum atomic E-state index is -3.17. The van der Waals surface area contributed by atoms with Crippen LogP contribution in [-0.2, 0) is 16.3 Å². The number of hydrogen-bond donors (Lipinski definition) is 1. The zero-order valence-electron chi connectivity index (χ0n) is 14.3. The molecule has 1 aliphatic heterocycles. The Hall–Kier alpha value is -1.48. The van der Waals surface area contributed by atoms with Crippen LogP contribution < -0.4 is 5.32 Å². The van der Waals surface area contributed by atoms with E-state index in [0.29, 0.717) is 23.0 Å². The molecule has 1 unspecified atom stereocenters. The predicted octanol–water partition coefficient (Wildman–Crippen LogP) is 1.45. The van der Waals surface area contributed by atoms with E-state index in [1.165, 1.54) is 0 Å². The molecule has 0 amide bonds. The number of hydrogen-bond acceptors (Lipinski definition) is 7. The molecule has 0 saturated carbocycles. The van der Waals surface area contributed by atoms with Gasteiger partial charge in [-0.3, -0.25) is 4.90 Å². The van der Waals surface area contributed by atoms with E-state index in [9.17, 15) is 8.42 Å². The van der Waals surface area contributed by atoms with Crippen LogP contribution in [0.15, 0.2) is 33.7 Å². The Kier molecular flexibility index (Phi) is 6.56. The first kappa shape index (κ1) is 19.8. The second kappa shape index (κ2) is 8.27. The lowest BCUT2D eigenvalue weighted by molar-refractivity contribution is 0.190. The molecule has 138 valence electrons. The zero-order chi connectivity index (χ0) is 17.2. The van der Waals surface area contributed by atoms with Crippen LogP contribution in [0.1, 0.15) is 30.2 Å². The van der Waals surface area contributed by atoms with Crippen LogP contribution in [0.25, 0.3) is 0 Å². The highest BCUT2D eigenvalue weighted by Gasteiger charge is 2.25. The molecule has 9 heteroatoms. The fourth-order valence-corrected chi connectivity index (χ4v) is 3.61. The lowest BCUT2D eigenvalue weighted by Crippen LogP contribution is -2.44. The van der Waals surface area contributed by atoms with Gasteiger partial charge in [0.15, 0.2) is 15.7 Å². The summed E-state index contributed by atoms with van der Waals surface area (Å²) in [6.07, 6.45) is 0.489. The smallest absolute Gasteiger partial charge is 0.231 e.